The summed E-state index contributed by atoms with van der Waals surface area (Å²) in [6.45, 7) is -0.870. The van der Waals surface area contributed by atoms with Crippen molar-refractivity contribution in [3.63, 3.8) is 0 Å². The Morgan fingerprint density at radius 3 is 2.00 bits per heavy atom. The molecule has 0 saturated carbocycles. The maximum Gasteiger partial charge on any atom is 0.312 e. The molecule has 0 bridgehead atoms. The van der Waals surface area contributed by atoms with Gasteiger partial charge in [0.1, 0.15) is 36.4 Å². The van der Waals surface area contributed by atoms with Crippen molar-refractivity contribution in [1.82, 2.24) is 10.6 Å². The highest BCUT2D eigenvalue weighted by Gasteiger charge is 2.38. The molecule has 0 radical (unpaired) electrons. The summed E-state index contributed by atoms with van der Waals surface area (Å²) in [6.07, 6.45) is -6.91. The van der Waals surface area contributed by atoms with Crippen LogP contribution < -0.4 is 33.6 Å². The molecule has 0 aromatic carbocycles. The third-order valence-corrected chi connectivity index (χ3v) is 3.93. The van der Waals surface area contributed by atoms with Gasteiger partial charge in [0.2, 0.25) is 5.91 Å². The zero-order chi connectivity index (χ0) is 21.3. The highest BCUT2D eigenvalue weighted by Crippen LogP contribution is 2.09. The summed E-state index contributed by atoms with van der Waals surface area (Å²) in [5, 5.41) is 52.6. The quantitative estimate of drug-likeness (QED) is 0.150. The van der Waals surface area contributed by atoms with Gasteiger partial charge in [0, 0.05) is 13.0 Å². The lowest BCUT2D eigenvalue weighted by Gasteiger charge is -2.27. The van der Waals surface area contributed by atoms with Crippen LogP contribution >= 0.6 is 0 Å². The van der Waals surface area contributed by atoms with Gasteiger partial charge in [-0.25, -0.2) is 4.79 Å². The van der Waals surface area contributed by atoms with Crippen LogP contribution in [0.3, 0.4) is 0 Å². The largest absolute Gasteiger partial charge is 0.390 e. The first kappa shape index (κ1) is 24.9. The van der Waals surface area contributed by atoms with Gasteiger partial charge >= 0.3 is 6.03 Å². The molecule has 14 nitrogen and oxygen atoms in total. The van der Waals surface area contributed by atoms with Crippen molar-refractivity contribution < 1.29 is 51.4 Å². The van der Waals surface area contributed by atoms with E-state index in [2.05, 4.69) is 16.8 Å². The number of quaternary nitrogens is 2. The SMILES string of the molecule is NC(=O)NC[C@H](NC(=O)[C@H](O)[C@@H](O)[C@@H]([NH3+])[C@@H](O)C[C@H](O)[C@H]([NH3+])CO)C(N)=O. The zero-order valence-electron chi connectivity index (χ0n) is 14.7. The molecule has 7 atom stereocenters. The molecule has 0 aliphatic rings. The summed E-state index contributed by atoms with van der Waals surface area (Å²) < 4.78 is 0. The summed E-state index contributed by atoms with van der Waals surface area (Å²) in [7, 11) is 0. The third-order valence-electron chi connectivity index (χ3n) is 3.93. The molecular formula is C13H30N6O8+2. The summed E-state index contributed by atoms with van der Waals surface area (Å²) in [4.78, 5) is 33.9. The van der Waals surface area contributed by atoms with E-state index < -0.39 is 73.5 Å². The molecule has 0 spiro atoms. The number of hydrogen-bond acceptors (Lipinski definition) is 8. The Labute approximate surface area is 154 Å². The van der Waals surface area contributed by atoms with Crippen molar-refractivity contribution >= 4 is 17.8 Å². The average molecular weight is 398 g/mol. The highest BCUT2D eigenvalue weighted by molar-refractivity contribution is 5.89. The number of nitrogens with two attached hydrogens (primary N) is 2. The lowest BCUT2D eigenvalue weighted by molar-refractivity contribution is -0.465. The maximum absolute atomic E-state index is 12.0. The van der Waals surface area contributed by atoms with Crippen molar-refractivity contribution in [2.75, 3.05) is 13.2 Å². The highest BCUT2D eigenvalue weighted by atomic mass is 16.3. The molecule has 0 aliphatic heterocycles. The first-order chi connectivity index (χ1) is 12.4. The molecule has 14 heteroatoms. The molecule has 27 heavy (non-hydrogen) atoms. The smallest absolute Gasteiger partial charge is 0.312 e. The summed E-state index contributed by atoms with van der Waals surface area (Å²) >= 11 is 0. The van der Waals surface area contributed by atoms with E-state index in [9.17, 15) is 34.8 Å². The fraction of sp³-hybridized carbons (Fsp3) is 0.769. The number of carbonyl (C=O) groups excluding carboxylic acids is 3. The van der Waals surface area contributed by atoms with Crippen LogP contribution in [0, 0.1) is 0 Å². The molecule has 0 aromatic heterocycles. The predicted octanol–water partition coefficient (Wildman–Crippen LogP) is -8.33. The van der Waals surface area contributed by atoms with Crippen molar-refractivity contribution in [2.45, 2.75) is 49.0 Å². The minimum Gasteiger partial charge on any atom is -0.390 e. The molecule has 0 heterocycles. The second kappa shape index (κ2) is 11.6. The Bertz CT molecular complexity index is 509. The standard InChI is InChI=1S/C13H28N6O8/c14-4(3-20)6(21)1-7(22)8(15)9(23)10(24)12(26)19-5(11(16)25)2-18-13(17)27/h4-10,20-24H,1-3,14-15H2,(H2,16,25)(H,19,26)(H3,17,18,27)/p+2/t4-,5+,6+,7+,8+,9+,10-/m1/s1. The van der Waals surface area contributed by atoms with Crippen LogP contribution in [-0.2, 0) is 9.59 Å². The Balaban J connectivity index is 4.82. The summed E-state index contributed by atoms with van der Waals surface area (Å²) in [5.41, 5.74) is 16.8. The molecule has 0 aliphatic carbocycles. The number of carbonyl (C=O) groups is 3. The molecule has 0 saturated heterocycles. The van der Waals surface area contributed by atoms with Gasteiger partial charge in [-0.3, -0.25) is 9.59 Å². The summed E-state index contributed by atoms with van der Waals surface area (Å²) in [6, 6.07) is -4.46. The Morgan fingerprint density at radius 1 is 1.00 bits per heavy atom. The van der Waals surface area contributed by atoms with Gasteiger partial charge in [-0.05, 0) is 0 Å². The first-order valence-corrected chi connectivity index (χ1v) is 8.04. The molecule has 0 unspecified atom stereocenters. The minimum atomic E-state index is -2.09. The minimum absolute atomic E-state index is 0.319. The molecule has 17 N–H and O–H groups in total. The van der Waals surface area contributed by atoms with Gasteiger partial charge < -0.3 is 59.1 Å². The van der Waals surface area contributed by atoms with E-state index >= 15 is 0 Å². The van der Waals surface area contributed by atoms with Gasteiger partial charge in [-0.1, -0.05) is 0 Å². The molecule has 4 amide bonds. The zero-order valence-corrected chi connectivity index (χ0v) is 14.7. The van der Waals surface area contributed by atoms with Crippen LogP contribution in [0.25, 0.3) is 0 Å². The molecule has 0 fully saturated rings. The van der Waals surface area contributed by atoms with E-state index in [4.69, 9.17) is 16.6 Å². The fourth-order valence-electron chi connectivity index (χ4n) is 2.04. The number of primary amides is 2. The van der Waals surface area contributed by atoms with Gasteiger partial charge in [0.05, 0.1) is 6.61 Å². The average Bonchev–Trinajstić information content (AvgIpc) is 2.61. The lowest BCUT2D eigenvalue weighted by atomic mass is 9.94. The monoisotopic (exact) mass is 398 g/mol. The maximum atomic E-state index is 12.0. The normalized spacial score (nSPS) is 19.1. The van der Waals surface area contributed by atoms with E-state index in [0.717, 1.165) is 0 Å². The Hall–Kier alpha value is -2.07. The number of rotatable bonds is 12. The van der Waals surface area contributed by atoms with E-state index in [-0.39, 0.29) is 6.42 Å². The van der Waals surface area contributed by atoms with Gasteiger partial charge in [0.25, 0.3) is 5.91 Å². The van der Waals surface area contributed by atoms with Crippen LogP contribution in [0.1, 0.15) is 6.42 Å². The second-order valence-electron chi connectivity index (χ2n) is 6.12. The number of hydrogen-bond donors (Lipinski definition) is 11. The lowest BCUT2D eigenvalue weighted by Crippen LogP contribution is -2.75. The van der Waals surface area contributed by atoms with Crippen LogP contribution in [0.5, 0.6) is 0 Å². The number of aliphatic hydroxyl groups is 5. The molecule has 0 aromatic rings. The van der Waals surface area contributed by atoms with Crippen molar-refractivity contribution in [3.05, 3.63) is 0 Å². The second-order valence-corrected chi connectivity index (χ2v) is 6.12. The fourth-order valence-corrected chi connectivity index (χ4v) is 2.04. The van der Waals surface area contributed by atoms with E-state index in [1.165, 1.54) is 0 Å². The van der Waals surface area contributed by atoms with Gasteiger partial charge in [0.15, 0.2) is 6.10 Å². The molecule has 0 rings (SSSR count). The van der Waals surface area contributed by atoms with Crippen LogP contribution in [-0.4, -0.2) is 99.1 Å². The van der Waals surface area contributed by atoms with E-state index in [1.54, 1.807) is 0 Å². The summed E-state index contributed by atoms with van der Waals surface area (Å²) in [5.74, 6) is -2.23. The van der Waals surface area contributed by atoms with Gasteiger partial charge in [-0.15, -0.1) is 0 Å². The van der Waals surface area contributed by atoms with Crippen LogP contribution in [0.4, 0.5) is 4.79 Å². The molecule has 158 valence electrons. The Morgan fingerprint density at radius 2 is 1.56 bits per heavy atom. The van der Waals surface area contributed by atoms with Crippen molar-refractivity contribution in [2.24, 2.45) is 11.5 Å². The number of amides is 4. The molecular weight excluding hydrogens is 368 g/mol. The van der Waals surface area contributed by atoms with Crippen molar-refractivity contribution in [1.29, 1.82) is 0 Å². The van der Waals surface area contributed by atoms with Crippen LogP contribution in [0.2, 0.25) is 0 Å². The first-order valence-electron chi connectivity index (χ1n) is 8.04. The topological polar surface area (TPSA) is 284 Å². The van der Waals surface area contributed by atoms with E-state index in [0.29, 0.717) is 0 Å². The Kier molecular flexibility index (Phi) is 10.7. The van der Waals surface area contributed by atoms with Crippen LogP contribution in [0.15, 0.2) is 0 Å². The third kappa shape index (κ3) is 8.44. The van der Waals surface area contributed by atoms with Gasteiger partial charge in [-0.2, -0.15) is 0 Å². The van der Waals surface area contributed by atoms with Crippen molar-refractivity contribution in [3.8, 4) is 0 Å². The predicted molar refractivity (Wildman–Crippen MR) is 87.8 cm³/mol. The van der Waals surface area contributed by atoms with E-state index in [1.807, 2.05) is 5.32 Å². The number of aliphatic hydroxyl groups excluding tert-OH is 5. The number of urea groups is 1. The number of nitrogens with one attached hydrogen (secondary N) is 2.